The average Bonchev–Trinajstić information content (AvgIpc) is 3.28. The number of halogens is 2. The largest absolute Gasteiger partial charge is 0.373 e. The van der Waals surface area contributed by atoms with Crippen LogP contribution in [0, 0.1) is 13.8 Å². The molecule has 0 spiro atoms. The van der Waals surface area contributed by atoms with E-state index in [2.05, 4.69) is 25.7 Å². The summed E-state index contributed by atoms with van der Waals surface area (Å²) in [7, 11) is 1.80. The van der Waals surface area contributed by atoms with Gasteiger partial charge in [-0.25, -0.2) is 23.4 Å². The van der Waals surface area contributed by atoms with Crippen LogP contribution in [0.1, 0.15) is 63.4 Å². The van der Waals surface area contributed by atoms with Crippen LogP contribution in [0.15, 0.2) is 54.9 Å². The van der Waals surface area contributed by atoms with Crippen molar-refractivity contribution in [3.05, 3.63) is 99.6 Å². The second kappa shape index (κ2) is 11.8. The second-order valence-corrected chi connectivity index (χ2v) is 9.83. The van der Waals surface area contributed by atoms with Gasteiger partial charge in [0.25, 0.3) is 5.92 Å². The molecule has 0 aliphatic rings. The molecule has 4 aromatic rings. The lowest BCUT2D eigenvalue weighted by atomic mass is 9.94. The molecule has 9 heteroatoms. The molecule has 2 aromatic heterocycles. The number of benzene rings is 2. The Morgan fingerprint density at radius 1 is 1.03 bits per heavy atom. The van der Waals surface area contributed by atoms with E-state index < -0.39 is 5.92 Å². The van der Waals surface area contributed by atoms with Crippen molar-refractivity contribution in [2.24, 2.45) is 0 Å². The summed E-state index contributed by atoms with van der Waals surface area (Å²) in [6, 6.07) is 14.2. The fraction of sp³-hybridized carbons (Fsp3) is 0.333. The van der Waals surface area contributed by atoms with Gasteiger partial charge in [-0.3, -0.25) is 4.79 Å². The summed E-state index contributed by atoms with van der Waals surface area (Å²) in [5, 5.41) is 10.8. The Morgan fingerprint density at radius 2 is 1.82 bits per heavy atom. The molecule has 0 fully saturated rings. The third-order valence-corrected chi connectivity index (χ3v) is 6.58. The van der Waals surface area contributed by atoms with E-state index in [9.17, 15) is 13.6 Å². The van der Waals surface area contributed by atoms with Crippen molar-refractivity contribution in [3.63, 3.8) is 0 Å². The number of carbonyl (C=O) groups is 1. The van der Waals surface area contributed by atoms with Crippen LogP contribution in [0.2, 0.25) is 0 Å². The lowest BCUT2D eigenvalue weighted by Gasteiger charge is -2.15. The summed E-state index contributed by atoms with van der Waals surface area (Å²) in [6.07, 6.45) is 2.19. The maximum atomic E-state index is 14.2. The number of ketones is 1. The molecule has 0 radical (unpaired) electrons. The Kier molecular flexibility index (Phi) is 8.50. The third kappa shape index (κ3) is 6.92. The van der Waals surface area contributed by atoms with Crippen molar-refractivity contribution in [1.29, 1.82) is 0 Å². The number of anilines is 1. The Morgan fingerprint density at radius 3 is 2.54 bits per heavy atom. The van der Waals surface area contributed by atoms with E-state index in [1.807, 2.05) is 51.1 Å². The minimum Gasteiger partial charge on any atom is -0.373 e. The molecular formula is C30H34F2N6O. The van der Waals surface area contributed by atoms with Crippen LogP contribution in [0.5, 0.6) is 0 Å². The van der Waals surface area contributed by atoms with Crippen LogP contribution >= 0.6 is 0 Å². The highest BCUT2D eigenvalue weighted by molar-refractivity contribution is 5.98. The van der Waals surface area contributed by atoms with Crippen molar-refractivity contribution < 1.29 is 13.6 Å². The van der Waals surface area contributed by atoms with Gasteiger partial charge in [0.1, 0.15) is 12.1 Å². The minimum absolute atomic E-state index is 0.113. The molecule has 39 heavy (non-hydrogen) atoms. The fourth-order valence-corrected chi connectivity index (χ4v) is 4.46. The molecule has 7 nitrogen and oxygen atoms in total. The van der Waals surface area contributed by atoms with Gasteiger partial charge in [-0.2, -0.15) is 5.10 Å². The highest BCUT2D eigenvalue weighted by atomic mass is 19.3. The molecular weight excluding hydrogens is 498 g/mol. The van der Waals surface area contributed by atoms with E-state index in [0.717, 1.165) is 35.0 Å². The zero-order chi connectivity index (χ0) is 28.2. The first-order chi connectivity index (χ1) is 18.6. The van der Waals surface area contributed by atoms with E-state index in [1.54, 1.807) is 17.8 Å². The van der Waals surface area contributed by atoms with Gasteiger partial charge in [-0.15, -0.1) is 0 Å². The van der Waals surface area contributed by atoms with Gasteiger partial charge in [0.2, 0.25) is 0 Å². The van der Waals surface area contributed by atoms with Gasteiger partial charge in [0.15, 0.2) is 11.6 Å². The molecule has 2 N–H and O–H groups in total. The van der Waals surface area contributed by atoms with Crippen LogP contribution < -0.4 is 10.6 Å². The van der Waals surface area contributed by atoms with Gasteiger partial charge in [-0.1, -0.05) is 25.1 Å². The van der Waals surface area contributed by atoms with E-state index in [4.69, 9.17) is 0 Å². The normalized spacial score (nSPS) is 11.6. The molecule has 0 aliphatic carbocycles. The molecule has 0 unspecified atom stereocenters. The Bertz CT molecular complexity index is 1470. The molecule has 0 amide bonds. The SMILES string of the molecule is CCNCc1cc(C(=O)Cc2ccc(C)c(Cc3cc(C)nn3-c3cc(NC)ncn3)c2)cc(C(C)(F)F)c1. The number of rotatable bonds is 11. The molecule has 204 valence electrons. The van der Waals surface area contributed by atoms with Crippen molar-refractivity contribution in [2.45, 2.75) is 53.0 Å². The van der Waals surface area contributed by atoms with E-state index >= 15 is 0 Å². The Hall–Kier alpha value is -3.98. The lowest BCUT2D eigenvalue weighted by Crippen LogP contribution is -2.16. The average molecular weight is 533 g/mol. The van der Waals surface area contributed by atoms with Crippen molar-refractivity contribution in [3.8, 4) is 5.82 Å². The number of nitrogens with zero attached hydrogens (tertiary/aromatic N) is 4. The number of nitrogens with one attached hydrogen (secondary N) is 2. The number of aromatic nitrogens is 4. The predicted molar refractivity (Wildman–Crippen MR) is 149 cm³/mol. The number of hydrogen-bond acceptors (Lipinski definition) is 6. The number of alkyl halides is 2. The van der Waals surface area contributed by atoms with Crippen LogP contribution in [0.4, 0.5) is 14.6 Å². The fourth-order valence-electron chi connectivity index (χ4n) is 4.46. The topological polar surface area (TPSA) is 84.7 Å². The Labute approximate surface area is 227 Å². The van der Waals surface area contributed by atoms with Crippen molar-refractivity contribution in [2.75, 3.05) is 18.9 Å². The minimum atomic E-state index is -3.03. The molecule has 2 heterocycles. The second-order valence-electron chi connectivity index (χ2n) is 9.83. The summed E-state index contributed by atoms with van der Waals surface area (Å²) in [5.74, 6) is -1.89. The molecule has 2 aromatic carbocycles. The van der Waals surface area contributed by atoms with Crippen molar-refractivity contribution >= 4 is 11.6 Å². The first-order valence-electron chi connectivity index (χ1n) is 13.0. The zero-order valence-electron chi connectivity index (χ0n) is 23.0. The van der Waals surface area contributed by atoms with Gasteiger partial charge < -0.3 is 10.6 Å². The number of hydrogen-bond donors (Lipinski definition) is 2. The number of Topliss-reactive ketones (excluding diaryl/α,β-unsaturated/α-hetero) is 1. The number of carbonyl (C=O) groups excluding carboxylic acids is 1. The predicted octanol–water partition coefficient (Wildman–Crippen LogP) is 5.56. The zero-order valence-corrected chi connectivity index (χ0v) is 23.0. The van der Waals surface area contributed by atoms with E-state index in [1.165, 1.54) is 18.5 Å². The molecule has 0 saturated carbocycles. The molecule has 0 bridgehead atoms. The number of aryl methyl sites for hydroxylation is 2. The maximum absolute atomic E-state index is 14.2. The lowest BCUT2D eigenvalue weighted by molar-refractivity contribution is 0.0173. The first kappa shape index (κ1) is 28.0. The van der Waals surface area contributed by atoms with Crippen LogP contribution in [0.25, 0.3) is 5.82 Å². The first-order valence-corrected chi connectivity index (χ1v) is 13.0. The molecule has 0 saturated heterocycles. The summed E-state index contributed by atoms with van der Waals surface area (Å²) in [5.41, 5.74) is 5.57. The summed E-state index contributed by atoms with van der Waals surface area (Å²) < 4.78 is 30.2. The van der Waals surface area contributed by atoms with Gasteiger partial charge in [0.05, 0.1) is 11.4 Å². The molecule has 0 aliphatic heterocycles. The van der Waals surface area contributed by atoms with Gasteiger partial charge in [-0.05, 0) is 66.9 Å². The third-order valence-electron chi connectivity index (χ3n) is 6.58. The standard InChI is InChI=1S/C30H34F2N6O/c1-6-34-17-22-11-24(14-25(12-22)30(4,31)32)27(39)13-21-8-7-19(2)23(10-21)15-26-9-20(3)37-38(26)29-16-28(33-5)35-18-36-29/h7-12,14,16,18,34H,6,13,15,17H2,1-5H3,(H,33,35,36). The molecule has 0 atom stereocenters. The highest BCUT2D eigenvalue weighted by Crippen LogP contribution is 2.29. The Balaban J connectivity index is 1.60. The van der Waals surface area contributed by atoms with Crippen LogP contribution in [-0.2, 0) is 25.3 Å². The quantitative estimate of drug-likeness (QED) is 0.246. The van der Waals surface area contributed by atoms with Crippen LogP contribution in [-0.4, -0.2) is 39.1 Å². The smallest absolute Gasteiger partial charge is 0.270 e. The van der Waals surface area contributed by atoms with E-state index in [0.29, 0.717) is 42.3 Å². The summed E-state index contributed by atoms with van der Waals surface area (Å²) in [6.45, 7) is 7.88. The summed E-state index contributed by atoms with van der Waals surface area (Å²) >= 11 is 0. The summed E-state index contributed by atoms with van der Waals surface area (Å²) in [4.78, 5) is 21.8. The molecule has 4 rings (SSSR count). The monoisotopic (exact) mass is 532 g/mol. The van der Waals surface area contributed by atoms with Crippen molar-refractivity contribution in [1.82, 2.24) is 25.1 Å². The maximum Gasteiger partial charge on any atom is 0.270 e. The van der Waals surface area contributed by atoms with Crippen LogP contribution in [0.3, 0.4) is 0 Å². The van der Waals surface area contributed by atoms with Gasteiger partial charge in [0, 0.05) is 50.6 Å². The highest BCUT2D eigenvalue weighted by Gasteiger charge is 2.26. The van der Waals surface area contributed by atoms with Gasteiger partial charge >= 0.3 is 0 Å². The van der Waals surface area contributed by atoms with E-state index in [-0.39, 0.29) is 17.8 Å².